The number of benzene rings is 2. The summed E-state index contributed by atoms with van der Waals surface area (Å²) in [6, 6.07) is 14.7. The van der Waals surface area contributed by atoms with Crippen LogP contribution >= 0.6 is 0 Å². The highest BCUT2D eigenvalue weighted by molar-refractivity contribution is 7.93. The number of para-hydroxylation sites is 1. The topological polar surface area (TPSA) is 37.4 Å². The molecule has 0 N–H and O–H groups in total. The van der Waals surface area contributed by atoms with Gasteiger partial charge in [-0.15, -0.1) is 0 Å². The lowest BCUT2D eigenvalue weighted by Gasteiger charge is -2.27. The molecule has 2 aromatic carbocycles. The monoisotopic (exact) mass is 411 g/mol. The molecule has 3 rings (SSSR count). The maximum atomic E-state index is 13.6. The molecule has 0 aliphatic carbocycles. The lowest BCUT2D eigenvalue weighted by Crippen LogP contribution is -2.37. The first kappa shape index (κ1) is 21.6. The molecule has 0 spiro atoms. The minimum atomic E-state index is -3.63. The highest BCUT2D eigenvalue weighted by Crippen LogP contribution is 2.44. The number of sulfonamides is 1. The number of aryl methyl sites for hydroxylation is 1. The number of anilines is 1. The minimum Gasteiger partial charge on any atom is -0.258 e. The van der Waals surface area contributed by atoms with Crippen molar-refractivity contribution in [2.75, 3.05) is 4.31 Å². The predicted molar refractivity (Wildman–Crippen MR) is 123 cm³/mol. The van der Waals surface area contributed by atoms with E-state index in [1.54, 1.807) is 16.4 Å². The van der Waals surface area contributed by atoms with Crippen molar-refractivity contribution in [1.82, 2.24) is 0 Å². The molecule has 1 unspecified atom stereocenters. The molecule has 29 heavy (non-hydrogen) atoms. The van der Waals surface area contributed by atoms with Crippen molar-refractivity contribution in [3.63, 3.8) is 0 Å². The van der Waals surface area contributed by atoms with Crippen molar-refractivity contribution in [3.05, 3.63) is 66.2 Å². The van der Waals surface area contributed by atoms with Gasteiger partial charge in [0.15, 0.2) is 0 Å². The number of fused-ring (bicyclic) bond motifs is 1. The molecule has 156 valence electrons. The molecule has 0 aromatic heterocycles. The third-order valence-electron chi connectivity index (χ3n) is 5.83. The average Bonchev–Trinajstić information content (AvgIpc) is 3.00. The summed E-state index contributed by atoms with van der Waals surface area (Å²) in [5, 5.41) is 0. The van der Waals surface area contributed by atoms with Crippen molar-refractivity contribution in [3.8, 4) is 0 Å². The first-order chi connectivity index (χ1) is 14.0. The fourth-order valence-electron chi connectivity index (χ4n) is 4.13. The SMILES string of the molecule is C=C1c2ccccc2N(S(=O)(=O)c2ccc(C)cc2)C1CCCCCCCCC. The fraction of sp³-hybridized carbons (Fsp3) is 0.440. The van der Waals surface area contributed by atoms with Gasteiger partial charge in [-0.3, -0.25) is 4.31 Å². The standard InChI is InChI=1S/C25H33NO2S/c1-4-5-6-7-8-9-10-14-24-21(3)23-13-11-12-15-25(23)26(24)29(27,28)22-18-16-20(2)17-19-22/h11-13,15-19,24H,3-10,14H2,1-2H3. The van der Waals surface area contributed by atoms with E-state index in [1.807, 2.05) is 43.3 Å². The highest BCUT2D eigenvalue weighted by atomic mass is 32.2. The van der Waals surface area contributed by atoms with Gasteiger partial charge in [-0.2, -0.15) is 0 Å². The molecule has 1 aliphatic rings. The van der Waals surface area contributed by atoms with Crippen molar-refractivity contribution < 1.29 is 8.42 Å². The Balaban J connectivity index is 1.79. The van der Waals surface area contributed by atoms with Gasteiger partial charge in [0.05, 0.1) is 16.6 Å². The Morgan fingerprint density at radius 1 is 0.897 bits per heavy atom. The summed E-state index contributed by atoms with van der Waals surface area (Å²) in [7, 11) is -3.63. The molecule has 0 amide bonds. The van der Waals surface area contributed by atoms with Gasteiger partial charge in [0.25, 0.3) is 10.0 Å². The molecule has 4 heteroatoms. The Kier molecular flexibility index (Phi) is 7.18. The summed E-state index contributed by atoms with van der Waals surface area (Å²) >= 11 is 0. The van der Waals surface area contributed by atoms with Gasteiger partial charge >= 0.3 is 0 Å². The first-order valence-corrected chi connectivity index (χ1v) is 12.3. The molecule has 1 heterocycles. The summed E-state index contributed by atoms with van der Waals surface area (Å²) in [4.78, 5) is 0.345. The van der Waals surface area contributed by atoms with E-state index in [0.717, 1.165) is 41.6 Å². The Morgan fingerprint density at radius 2 is 1.52 bits per heavy atom. The summed E-state index contributed by atoms with van der Waals surface area (Å²) in [6.07, 6.45) is 9.32. The van der Waals surface area contributed by atoms with E-state index in [9.17, 15) is 8.42 Å². The zero-order valence-corrected chi connectivity index (χ0v) is 18.5. The van der Waals surface area contributed by atoms with Crippen LogP contribution in [0.25, 0.3) is 5.57 Å². The molecule has 0 saturated carbocycles. The number of hydrogen-bond donors (Lipinski definition) is 0. The first-order valence-electron chi connectivity index (χ1n) is 10.9. The summed E-state index contributed by atoms with van der Waals surface area (Å²) in [5.41, 5.74) is 3.68. The van der Waals surface area contributed by atoms with Crippen LogP contribution in [-0.2, 0) is 10.0 Å². The number of unbranched alkanes of at least 4 members (excludes halogenated alkanes) is 6. The van der Waals surface area contributed by atoms with Crippen LogP contribution in [0.1, 0.15) is 69.4 Å². The predicted octanol–water partition coefficient (Wildman–Crippen LogP) is 6.73. The molecular formula is C25H33NO2S. The highest BCUT2D eigenvalue weighted by Gasteiger charge is 2.40. The molecule has 1 aliphatic heterocycles. The molecule has 0 bridgehead atoms. The van der Waals surface area contributed by atoms with Gasteiger partial charge in [0.1, 0.15) is 0 Å². The van der Waals surface area contributed by atoms with Crippen LogP contribution in [0.15, 0.2) is 60.0 Å². The fourth-order valence-corrected chi connectivity index (χ4v) is 5.83. The number of rotatable bonds is 10. The normalized spacial score (nSPS) is 16.3. The van der Waals surface area contributed by atoms with Gasteiger partial charge in [-0.1, -0.05) is 94.3 Å². The number of nitrogens with zero attached hydrogens (tertiary/aromatic N) is 1. The van der Waals surface area contributed by atoms with Crippen molar-refractivity contribution in [2.45, 2.75) is 76.2 Å². The van der Waals surface area contributed by atoms with Crippen LogP contribution in [0, 0.1) is 6.92 Å². The average molecular weight is 412 g/mol. The van der Waals surface area contributed by atoms with E-state index in [1.165, 1.54) is 32.1 Å². The van der Waals surface area contributed by atoms with Crippen LogP contribution < -0.4 is 4.31 Å². The van der Waals surface area contributed by atoms with Crippen LogP contribution in [0.4, 0.5) is 5.69 Å². The quantitative estimate of drug-likeness (QED) is 0.407. The maximum absolute atomic E-state index is 13.6. The maximum Gasteiger partial charge on any atom is 0.264 e. The van der Waals surface area contributed by atoms with E-state index >= 15 is 0 Å². The van der Waals surface area contributed by atoms with Crippen molar-refractivity contribution in [1.29, 1.82) is 0 Å². The van der Waals surface area contributed by atoms with Crippen LogP contribution in [0.5, 0.6) is 0 Å². The van der Waals surface area contributed by atoms with Gasteiger partial charge in [-0.05, 0) is 37.1 Å². The third kappa shape index (κ3) is 4.75. The lowest BCUT2D eigenvalue weighted by molar-refractivity contribution is 0.555. The van der Waals surface area contributed by atoms with E-state index < -0.39 is 10.0 Å². The third-order valence-corrected chi connectivity index (χ3v) is 7.67. The molecule has 1 atom stereocenters. The summed E-state index contributed by atoms with van der Waals surface area (Å²) in [6.45, 7) is 8.48. The minimum absolute atomic E-state index is 0.200. The van der Waals surface area contributed by atoms with Gasteiger partial charge in [0, 0.05) is 5.56 Å². The van der Waals surface area contributed by atoms with Crippen LogP contribution in [-0.4, -0.2) is 14.5 Å². The Morgan fingerprint density at radius 3 is 2.21 bits per heavy atom. The van der Waals surface area contributed by atoms with E-state index in [4.69, 9.17) is 0 Å². The van der Waals surface area contributed by atoms with Crippen LogP contribution in [0.2, 0.25) is 0 Å². The molecule has 3 nitrogen and oxygen atoms in total. The summed E-state index contributed by atoms with van der Waals surface area (Å²) in [5.74, 6) is 0. The van der Waals surface area contributed by atoms with Crippen molar-refractivity contribution >= 4 is 21.3 Å². The smallest absolute Gasteiger partial charge is 0.258 e. The second kappa shape index (κ2) is 9.62. The van der Waals surface area contributed by atoms with E-state index in [-0.39, 0.29) is 6.04 Å². The Labute approximate surface area is 176 Å². The zero-order chi connectivity index (χ0) is 20.9. The molecule has 0 saturated heterocycles. The largest absolute Gasteiger partial charge is 0.264 e. The molecular weight excluding hydrogens is 378 g/mol. The van der Waals surface area contributed by atoms with Crippen molar-refractivity contribution in [2.24, 2.45) is 0 Å². The van der Waals surface area contributed by atoms with Gasteiger partial charge in [0.2, 0.25) is 0 Å². The summed E-state index contributed by atoms with van der Waals surface area (Å²) < 4.78 is 28.7. The second-order valence-corrected chi connectivity index (χ2v) is 9.90. The van der Waals surface area contributed by atoms with E-state index in [0.29, 0.717) is 4.90 Å². The Bertz CT molecular complexity index is 932. The lowest BCUT2D eigenvalue weighted by atomic mass is 9.99. The molecule has 0 fully saturated rings. The Hall–Kier alpha value is -2.07. The number of hydrogen-bond acceptors (Lipinski definition) is 2. The van der Waals surface area contributed by atoms with E-state index in [2.05, 4.69) is 13.5 Å². The molecule has 0 radical (unpaired) electrons. The zero-order valence-electron chi connectivity index (χ0n) is 17.7. The molecule has 2 aromatic rings. The van der Waals surface area contributed by atoms with Gasteiger partial charge in [-0.25, -0.2) is 8.42 Å². The van der Waals surface area contributed by atoms with Crippen LogP contribution in [0.3, 0.4) is 0 Å². The second-order valence-electron chi connectivity index (χ2n) is 8.08. The van der Waals surface area contributed by atoms with Gasteiger partial charge < -0.3 is 0 Å².